The van der Waals surface area contributed by atoms with Crippen molar-refractivity contribution in [3.8, 4) is 5.75 Å². The Morgan fingerprint density at radius 2 is 2.00 bits per heavy atom. The molecule has 1 aromatic rings. The van der Waals surface area contributed by atoms with E-state index < -0.39 is 16.1 Å². The largest absolute Gasteiger partial charge is 0.497 e. The molecule has 0 fully saturated rings. The van der Waals surface area contributed by atoms with Crippen molar-refractivity contribution in [1.29, 1.82) is 0 Å². The van der Waals surface area contributed by atoms with Gasteiger partial charge in [-0.05, 0) is 26.0 Å². The van der Waals surface area contributed by atoms with Crippen LogP contribution in [0.4, 0.5) is 10.5 Å². The van der Waals surface area contributed by atoms with Crippen molar-refractivity contribution in [3.05, 3.63) is 18.2 Å². The average molecular weight is 287 g/mol. The molecule has 2 amide bonds. The smallest absolute Gasteiger partial charge is 0.328 e. The minimum Gasteiger partial charge on any atom is -0.497 e. The third-order valence-electron chi connectivity index (χ3n) is 2.15. The molecule has 0 aliphatic carbocycles. The first-order chi connectivity index (χ1) is 8.76. The molecule has 106 valence electrons. The van der Waals surface area contributed by atoms with E-state index >= 15 is 0 Å². The van der Waals surface area contributed by atoms with E-state index in [1.54, 1.807) is 13.8 Å². The summed E-state index contributed by atoms with van der Waals surface area (Å²) < 4.78 is 30.7. The van der Waals surface area contributed by atoms with Gasteiger partial charge in [-0.3, -0.25) is 0 Å². The Kier molecular flexibility index (Phi) is 4.60. The predicted molar refractivity (Wildman–Crippen MR) is 71.4 cm³/mol. The molecule has 19 heavy (non-hydrogen) atoms. The molecular weight excluding hydrogens is 270 g/mol. The van der Waals surface area contributed by atoms with Gasteiger partial charge in [0.1, 0.15) is 10.6 Å². The van der Waals surface area contributed by atoms with Gasteiger partial charge < -0.3 is 15.8 Å². The number of methoxy groups -OCH3 is 1. The zero-order valence-electron chi connectivity index (χ0n) is 10.9. The first-order valence-corrected chi connectivity index (χ1v) is 7.01. The monoisotopic (exact) mass is 287 g/mol. The van der Waals surface area contributed by atoms with E-state index in [0.29, 0.717) is 5.75 Å². The second-order valence-corrected chi connectivity index (χ2v) is 5.79. The van der Waals surface area contributed by atoms with Crippen LogP contribution in [0.25, 0.3) is 0 Å². The third kappa shape index (κ3) is 4.02. The number of ether oxygens (including phenoxy) is 1. The molecule has 0 aromatic heterocycles. The van der Waals surface area contributed by atoms with Gasteiger partial charge in [-0.1, -0.05) is 0 Å². The van der Waals surface area contributed by atoms with Crippen LogP contribution in [-0.4, -0.2) is 27.6 Å². The predicted octanol–water partition coefficient (Wildman–Crippen LogP) is 0.674. The van der Waals surface area contributed by atoms with Crippen LogP contribution in [0.1, 0.15) is 13.8 Å². The number of nitrogens with one attached hydrogen (secondary N) is 2. The highest BCUT2D eigenvalue weighted by atomic mass is 32.2. The Labute approximate surface area is 112 Å². The molecular formula is C11H17N3O4S. The number of nitrogens with two attached hydrogens (primary N) is 1. The number of rotatable bonds is 4. The van der Waals surface area contributed by atoms with Gasteiger partial charge in [-0.15, -0.1) is 0 Å². The number of hydrogen-bond donors (Lipinski definition) is 3. The van der Waals surface area contributed by atoms with Crippen LogP contribution in [0.5, 0.6) is 5.75 Å². The number of nitrogen functional groups attached to an aromatic ring is 1. The van der Waals surface area contributed by atoms with Crippen LogP contribution in [-0.2, 0) is 10.0 Å². The lowest BCUT2D eigenvalue weighted by Crippen LogP contribution is -2.42. The maximum atomic E-state index is 12.0. The minimum atomic E-state index is -4.00. The number of anilines is 1. The number of sulfonamides is 1. The van der Waals surface area contributed by atoms with Gasteiger partial charge in [0.05, 0.1) is 12.8 Å². The second-order valence-electron chi connectivity index (χ2n) is 4.14. The molecule has 0 radical (unpaired) electrons. The Morgan fingerprint density at radius 1 is 1.37 bits per heavy atom. The zero-order chi connectivity index (χ0) is 14.6. The molecule has 0 saturated carbocycles. The van der Waals surface area contributed by atoms with Crippen LogP contribution in [0.2, 0.25) is 0 Å². The fraction of sp³-hybridized carbons (Fsp3) is 0.364. The van der Waals surface area contributed by atoms with Crippen LogP contribution in [0.15, 0.2) is 23.1 Å². The summed E-state index contributed by atoms with van der Waals surface area (Å²) in [6.45, 7) is 3.43. The van der Waals surface area contributed by atoms with Gasteiger partial charge in [0, 0.05) is 12.1 Å². The Hall–Kier alpha value is -1.96. The van der Waals surface area contributed by atoms with E-state index in [2.05, 4.69) is 5.32 Å². The van der Waals surface area contributed by atoms with Crippen LogP contribution in [0.3, 0.4) is 0 Å². The van der Waals surface area contributed by atoms with Crippen LogP contribution < -0.4 is 20.5 Å². The highest BCUT2D eigenvalue weighted by Gasteiger charge is 2.20. The van der Waals surface area contributed by atoms with Gasteiger partial charge in [0.15, 0.2) is 0 Å². The highest BCUT2D eigenvalue weighted by Crippen LogP contribution is 2.23. The summed E-state index contributed by atoms with van der Waals surface area (Å²) in [5.74, 6) is 0.433. The van der Waals surface area contributed by atoms with E-state index in [-0.39, 0.29) is 16.6 Å². The lowest BCUT2D eigenvalue weighted by molar-refractivity contribution is 0.243. The molecule has 0 bridgehead atoms. The van der Waals surface area contributed by atoms with E-state index in [9.17, 15) is 13.2 Å². The first kappa shape index (κ1) is 15.1. The van der Waals surface area contributed by atoms with E-state index in [0.717, 1.165) is 0 Å². The molecule has 1 aromatic carbocycles. The molecule has 0 atom stereocenters. The van der Waals surface area contributed by atoms with Crippen molar-refractivity contribution in [1.82, 2.24) is 10.0 Å². The topological polar surface area (TPSA) is 111 Å². The number of carbonyl (C=O) groups is 1. The summed E-state index contributed by atoms with van der Waals surface area (Å²) >= 11 is 0. The Bertz CT molecular complexity index is 569. The van der Waals surface area contributed by atoms with Gasteiger partial charge >= 0.3 is 6.03 Å². The average Bonchev–Trinajstić information content (AvgIpc) is 2.26. The van der Waals surface area contributed by atoms with Crippen molar-refractivity contribution >= 4 is 21.7 Å². The molecule has 1 rings (SSSR count). The number of hydrogen-bond acceptors (Lipinski definition) is 5. The van der Waals surface area contributed by atoms with Crippen LogP contribution in [0, 0.1) is 0 Å². The SMILES string of the molecule is COc1ccc(S(=O)(=O)NC(=O)NC(C)C)c(N)c1. The summed E-state index contributed by atoms with van der Waals surface area (Å²) in [7, 11) is -2.56. The maximum Gasteiger partial charge on any atom is 0.328 e. The van der Waals surface area contributed by atoms with Gasteiger partial charge in [-0.25, -0.2) is 17.9 Å². The summed E-state index contributed by atoms with van der Waals surface area (Å²) in [6, 6.07) is 3.12. The Balaban J connectivity index is 2.98. The van der Waals surface area contributed by atoms with E-state index in [4.69, 9.17) is 10.5 Å². The lowest BCUT2D eigenvalue weighted by atomic mass is 10.3. The molecule has 0 saturated heterocycles. The molecule has 7 nitrogen and oxygen atoms in total. The molecule has 0 aliphatic rings. The Morgan fingerprint density at radius 3 is 2.47 bits per heavy atom. The van der Waals surface area contributed by atoms with Crippen LogP contribution >= 0.6 is 0 Å². The standard InChI is InChI=1S/C11H17N3O4S/c1-7(2)13-11(15)14-19(16,17)10-5-4-8(18-3)6-9(10)12/h4-7H,12H2,1-3H3,(H2,13,14,15). The van der Waals surface area contributed by atoms with Crippen molar-refractivity contribution in [2.24, 2.45) is 0 Å². The minimum absolute atomic E-state index is 0.00389. The van der Waals surface area contributed by atoms with Crippen molar-refractivity contribution in [3.63, 3.8) is 0 Å². The van der Waals surface area contributed by atoms with Crippen molar-refractivity contribution in [2.75, 3.05) is 12.8 Å². The second kappa shape index (κ2) is 5.79. The normalized spacial score (nSPS) is 11.2. The summed E-state index contributed by atoms with van der Waals surface area (Å²) in [5.41, 5.74) is 5.63. The number of amides is 2. The first-order valence-electron chi connectivity index (χ1n) is 5.53. The molecule has 0 heterocycles. The van der Waals surface area contributed by atoms with Gasteiger partial charge in [0.2, 0.25) is 0 Å². The summed E-state index contributed by atoms with van der Waals surface area (Å²) in [5, 5.41) is 2.42. The molecule has 8 heteroatoms. The van der Waals surface area contributed by atoms with E-state index in [1.165, 1.54) is 25.3 Å². The molecule has 4 N–H and O–H groups in total. The summed E-state index contributed by atoms with van der Waals surface area (Å²) in [4.78, 5) is 11.2. The zero-order valence-corrected chi connectivity index (χ0v) is 11.7. The third-order valence-corrected chi connectivity index (χ3v) is 3.56. The molecule has 0 aliphatic heterocycles. The van der Waals surface area contributed by atoms with Crippen molar-refractivity contribution < 1.29 is 17.9 Å². The fourth-order valence-corrected chi connectivity index (χ4v) is 2.40. The number of benzene rings is 1. The maximum absolute atomic E-state index is 12.0. The number of carbonyl (C=O) groups excluding carboxylic acids is 1. The number of urea groups is 1. The summed E-state index contributed by atoms with van der Waals surface area (Å²) in [6.07, 6.45) is 0. The van der Waals surface area contributed by atoms with Gasteiger partial charge in [-0.2, -0.15) is 0 Å². The fourth-order valence-electron chi connectivity index (χ4n) is 1.37. The lowest BCUT2D eigenvalue weighted by Gasteiger charge is -2.12. The molecule has 0 unspecified atom stereocenters. The van der Waals surface area contributed by atoms with E-state index in [1.807, 2.05) is 4.72 Å². The quantitative estimate of drug-likeness (QED) is 0.705. The molecule has 0 spiro atoms. The van der Waals surface area contributed by atoms with Crippen molar-refractivity contribution in [2.45, 2.75) is 24.8 Å². The highest BCUT2D eigenvalue weighted by molar-refractivity contribution is 7.90. The van der Waals surface area contributed by atoms with Gasteiger partial charge in [0.25, 0.3) is 10.0 Å².